The third-order valence-electron chi connectivity index (χ3n) is 1.95. The largest absolute Gasteiger partial charge is 0.379 e. The van der Waals surface area contributed by atoms with Crippen molar-refractivity contribution in [3.05, 3.63) is 35.9 Å². The minimum Gasteiger partial charge on any atom is -0.379 e. The predicted molar refractivity (Wildman–Crippen MR) is 59.2 cm³/mol. The molecule has 80 valence electrons. The van der Waals surface area contributed by atoms with Crippen LogP contribution < -0.4 is 5.32 Å². The lowest BCUT2D eigenvalue weighted by atomic mass is 10.2. The molecule has 0 fully saturated rings. The topological polar surface area (TPSA) is 45.0 Å². The van der Waals surface area contributed by atoms with E-state index in [0.29, 0.717) is 19.6 Å². The average molecular weight is 204 g/mol. The van der Waals surface area contributed by atoms with Crippen molar-refractivity contribution >= 4 is 0 Å². The minimum absolute atomic E-state index is 0.471. The van der Waals surface area contributed by atoms with Gasteiger partial charge in [-0.3, -0.25) is 0 Å². The van der Waals surface area contributed by atoms with E-state index in [2.05, 4.69) is 17.4 Å². The second-order valence-electron chi connectivity index (χ2n) is 3.18. The lowest BCUT2D eigenvalue weighted by Crippen LogP contribution is -2.19. The maximum Gasteiger partial charge on any atom is 0.0645 e. The Bertz CT molecular complexity index is 292. The second kappa shape index (κ2) is 7.98. The van der Waals surface area contributed by atoms with Crippen LogP contribution in [0.15, 0.2) is 30.3 Å². The van der Waals surface area contributed by atoms with Crippen LogP contribution >= 0.6 is 0 Å². The highest BCUT2D eigenvalue weighted by atomic mass is 16.5. The van der Waals surface area contributed by atoms with Crippen LogP contribution in [0.3, 0.4) is 0 Å². The van der Waals surface area contributed by atoms with E-state index in [4.69, 9.17) is 10.00 Å². The quantitative estimate of drug-likeness (QED) is 0.688. The van der Waals surface area contributed by atoms with Gasteiger partial charge < -0.3 is 10.1 Å². The molecule has 0 heterocycles. The van der Waals surface area contributed by atoms with Crippen molar-refractivity contribution in [3.63, 3.8) is 0 Å². The fourth-order valence-corrected chi connectivity index (χ4v) is 1.19. The summed E-state index contributed by atoms with van der Waals surface area (Å²) >= 11 is 0. The van der Waals surface area contributed by atoms with Crippen molar-refractivity contribution in [2.45, 2.75) is 13.0 Å². The molecule has 0 aliphatic heterocycles. The predicted octanol–water partition coefficient (Wildman–Crippen LogP) is 1.71. The van der Waals surface area contributed by atoms with Crippen LogP contribution in [0.4, 0.5) is 0 Å². The summed E-state index contributed by atoms with van der Waals surface area (Å²) in [5.74, 6) is 0. The second-order valence-corrected chi connectivity index (χ2v) is 3.18. The SMILES string of the molecule is N#CCCOCCNCc1ccccc1. The molecule has 0 aromatic heterocycles. The van der Waals surface area contributed by atoms with Crippen LogP contribution in [-0.4, -0.2) is 19.8 Å². The summed E-state index contributed by atoms with van der Waals surface area (Å²) in [5, 5.41) is 11.5. The number of nitriles is 1. The Morgan fingerprint density at radius 2 is 2.00 bits per heavy atom. The van der Waals surface area contributed by atoms with Gasteiger partial charge in [-0.2, -0.15) is 5.26 Å². The molecule has 1 rings (SSSR count). The minimum atomic E-state index is 0.471. The van der Waals surface area contributed by atoms with Gasteiger partial charge in [0.15, 0.2) is 0 Å². The zero-order valence-electron chi connectivity index (χ0n) is 8.78. The van der Waals surface area contributed by atoms with Gasteiger partial charge in [0.2, 0.25) is 0 Å². The first kappa shape index (κ1) is 11.7. The standard InChI is InChI=1S/C12H16N2O/c13-7-4-9-15-10-8-14-11-12-5-2-1-3-6-12/h1-3,5-6,14H,4,8-11H2. The first-order valence-corrected chi connectivity index (χ1v) is 5.13. The summed E-state index contributed by atoms with van der Waals surface area (Å²) in [4.78, 5) is 0. The van der Waals surface area contributed by atoms with Crippen molar-refractivity contribution < 1.29 is 4.74 Å². The molecule has 3 heteroatoms. The van der Waals surface area contributed by atoms with E-state index in [0.717, 1.165) is 13.1 Å². The number of nitrogens with zero attached hydrogens (tertiary/aromatic N) is 1. The molecule has 0 aliphatic carbocycles. The number of ether oxygens (including phenoxy) is 1. The van der Waals surface area contributed by atoms with Crippen molar-refractivity contribution in [3.8, 4) is 6.07 Å². The van der Waals surface area contributed by atoms with Crippen LogP contribution in [0.2, 0.25) is 0 Å². The fourth-order valence-electron chi connectivity index (χ4n) is 1.19. The summed E-state index contributed by atoms with van der Waals surface area (Å²) in [6, 6.07) is 12.3. The molecule has 0 saturated carbocycles. The zero-order valence-corrected chi connectivity index (χ0v) is 8.78. The Kier molecular flexibility index (Phi) is 6.23. The molecule has 0 amide bonds. The smallest absolute Gasteiger partial charge is 0.0645 e. The molecule has 0 spiro atoms. The van der Waals surface area contributed by atoms with E-state index in [1.54, 1.807) is 0 Å². The average Bonchev–Trinajstić information content (AvgIpc) is 2.29. The van der Waals surface area contributed by atoms with Gasteiger partial charge in [0.1, 0.15) is 0 Å². The summed E-state index contributed by atoms with van der Waals surface area (Å²) in [6.07, 6.45) is 0.471. The van der Waals surface area contributed by atoms with Gasteiger partial charge in [-0.1, -0.05) is 30.3 Å². The van der Waals surface area contributed by atoms with E-state index in [9.17, 15) is 0 Å². The van der Waals surface area contributed by atoms with Gasteiger partial charge in [-0.25, -0.2) is 0 Å². The fraction of sp³-hybridized carbons (Fsp3) is 0.417. The van der Waals surface area contributed by atoms with Crippen molar-refractivity contribution in [2.75, 3.05) is 19.8 Å². The molecule has 1 aromatic carbocycles. The van der Waals surface area contributed by atoms with Crippen LogP contribution in [0.5, 0.6) is 0 Å². The number of benzene rings is 1. The maximum atomic E-state index is 8.27. The van der Waals surface area contributed by atoms with Crippen LogP contribution in [0.1, 0.15) is 12.0 Å². The zero-order chi connectivity index (χ0) is 10.8. The normalized spacial score (nSPS) is 9.80. The lowest BCUT2D eigenvalue weighted by Gasteiger charge is -2.04. The molecule has 0 atom stereocenters. The Balaban J connectivity index is 1.96. The van der Waals surface area contributed by atoms with Gasteiger partial charge >= 0.3 is 0 Å². The highest BCUT2D eigenvalue weighted by molar-refractivity contribution is 5.14. The van der Waals surface area contributed by atoms with Gasteiger partial charge in [0, 0.05) is 13.1 Å². The van der Waals surface area contributed by atoms with Crippen LogP contribution in [0, 0.1) is 11.3 Å². The van der Waals surface area contributed by atoms with Crippen LogP contribution in [0.25, 0.3) is 0 Å². The van der Waals surface area contributed by atoms with E-state index in [1.165, 1.54) is 5.56 Å². The molecule has 0 unspecified atom stereocenters. The summed E-state index contributed by atoms with van der Waals surface area (Å²) in [7, 11) is 0. The highest BCUT2D eigenvalue weighted by Gasteiger charge is 1.91. The van der Waals surface area contributed by atoms with Crippen molar-refractivity contribution in [1.29, 1.82) is 5.26 Å². The molecule has 3 nitrogen and oxygen atoms in total. The number of rotatable bonds is 7. The Labute approximate surface area is 90.7 Å². The maximum absolute atomic E-state index is 8.27. The monoisotopic (exact) mass is 204 g/mol. The molecule has 1 N–H and O–H groups in total. The molecule has 0 bridgehead atoms. The number of hydrogen-bond acceptors (Lipinski definition) is 3. The first-order valence-electron chi connectivity index (χ1n) is 5.13. The third kappa shape index (κ3) is 5.84. The molecular formula is C12H16N2O. The van der Waals surface area contributed by atoms with Crippen LogP contribution in [-0.2, 0) is 11.3 Å². The highest BCUT2D eigenvalue weighted by Crippen LogP contribution is 1.96. The summed E-state index contributed by atoms with van der Waals surface area (Å²) < 4.78 is 5.23. The van der Waals surface area contributed by atoms with Gasteiger partial charge in [0.05, 0.1) is 25.7 Å². The Hall–Kier alpha value is -1.37. The van der Waals surface area contributed by atoms with Crippen molar-refractivity contribution in [2.24, 2.45) is 0 Å². The summed E-state index contributed by atoms with van der Waals surface area (Å²) in [6.45, 7) is 2.88. The molecule has 0 aliphatic rings. The molecule has 1 aromatic rings. The molecule has 0 saturated heterocycles. The lowest BCUT2D eigenvalue weighted by molar-refractivity contribution is 0.141. The van der Waals surface area contributed by atoms with E-state index >= 15 is 0 Å². The molecular weight excluding hydrogens is 188 g/mol. The molecule has 15 heavy (non-hydrogen) atoms. The number of nitrogens with one attached hydrogen (secondary N) is 1. The number of hydrogen-bond donors (Lipinski definition) is 1. The van der Waals surface area contributed by atoms with E-state index in [-0.39, 0.29) is 0 Å². The van der Waals surface area contributed by atoms with E-state index < -0.39 is 0 Å². The molecule has 0 radical (unpaired) electrons. The Morgan fingerprint density at radius 3 is 2.73 bits per heavy atom. The van der Waals surface area contributed by atoms with Gasteiger partial charge in [-0.05, 0) is 5.56 Å². The van der Waals surface area contributed by atoms with Gasteiger partial charge in [0.25, 0.3) is 0 Å². The van der Waals surface area contributed by atoms with Gasteiger partial charge in [-0.15, -0.1) is 0 Å². The van der Waals surface area contributed by atoms with Crippen molar-refractivity contribution in [1.82, 2.24) is 5.32 Å². The third-order valence-corrected chi connectivity index (χ3v) is 1.95. The summed E-state index contributed by atoms with van der Waals surface area (Å²) in [5.41, 5.74) is 1.27. The first-order chi connectivity index (χ1) is 7.43. The van der Waals surface area contributed by atoms with E-state index in [1.807, 2.05) is 24.3 Å². The Morgan fingerprint density at radius 1 is 1.20 bits per heavy atom.